The van der Waals surface area contributed by atoms with Crippen LogP contribution >= 0.6 is 0 Å². The van der Waals surface area contributed by atoms with Crippen molar-refractivity contribution in [3.8, 4) is 5.75 Å². The molecule has 1 aromatic heterocycles. The lowest BCUT2D eigenvalue weighted by Crippen LogP contribution is -2.07. The van der Waals surface area contributed by atoms with Gasteiger partial charge in [0.25, 0.3) is 5.69 Å². The molecule has 0 atom stereocenters. The fourth-order valence-electron chi connectivity index (χ4n) is 3.30. The number of benzene rings is 3. The van der Waals surface area contributed by atoms with Crippen LogP contribution in [-0.2, 0) is 6.54 Å². The van der Waals surface area contributed by atoms with Gasteiger partial charge in [-0.2, -0.15) is 0 Å². The van der Waals surface area contributed by atoms with Crippen LogP contribution < -0.4 is 15.7 Å². The van der Waals surface area contributed by atoms with Gasteiger partial charge in [0.1, 0.15) is 11.3 Å². The molecule has 4 rings (SSSR count). The number of nitrogens with zero attached hydrogens (tertiary/aromatic N) is 1. The average Bonchev–Trinajstić information content (AvgIpc) is 2.71. The molecule has 7 heteroatoms. The van der Waals surface area contributed by atoms with Gasteiger partial charge < -0.3 is 14.5 Å². The number of fused-ring (bicyclic) bond motifs is 3. The first-order valence-electron chi connectivity index (χ1n) is 8.57. The van der Waals surface area contributed by atoms with Crippen molar-refractivity contribution in [3.05, 3.63) is 86.8 Å². The number of nitro benzene ring substituents is 1. The number of anilines is 1. The van der Waals surface area contributed by atoms with Crippen LogP contribution in [0.2, 0.25) is 0 Å². The highest BCUT2D eigenvalue weighted by Gasteiger charge is 2.13. The molecule has 1 heterocycles. The standard InChI is InChI=1S/C21H16N2O5/c1-27-18-9-7-15(23(25)26)11-17(18)22-12-14-10-20(24)28-19-8-6-13-4-2-3-5-16(13)21(14)19/h2-11,22H,12H2,1H3. The van der Waals surface area contributed by atoms with Crippen LogP contribution in [0, 0.1) is 10.1 Å². The lowest BCUT2D eigenvalue weighted by molar-refractivity contribution is -0.384. The summed E-state index contributed by atoms with van der Waals surface area (Å²) in [5.41, 5.74) is 1.20. The van der Waals surface area contributed by atoms with Crippen LogP contribution in [0.4, 0.5) is 11.4 Å². The summed E-state index contributed by atoms with van der Waals surface area (Å²) in [7, 11) is 1.49. The Morgan fingerprint density at radius 2 is 1.93 bits per heavy atom. The normalized spacial score (nSPS) is 10.9. The zero-order valence-electron chi connectivity index (χ0n) is 15.0. The van der Waals surface area contributed by atoms with E-state index in [-0.39, 0.29) is 12.2 Å². The number of methoxy groups -OCH3 is 1. The molecule has 0 spiro atoms. The van der Waals surface area contributed by atoms with Gasteiger partial charge in [0.15, 0.2) is 0 Å². The molecular formula is C21H16N2O5. The molecule has 0 unspecified atom stereocenters. The summed E-state index contributed by atoms with van der Waals surface area (Å²) in [5, 5.41) is 17.0. The summed E-state index contributed by atoms with van der Waals surface area (Å²) < 4.78 is 10.6. The minimum absolute atomic E-state index is 0.0498. The third kappa shape index (κ3) is 3.14. The smallest absolute Gasteiger partial charge is 0.336 e. The van der Waals surface area contributed by atoms with Gasteiger partial charge in [-0.25, -0.2) is 4.79 Å². The van der Waals surface area contributed by atoms with Gasteiger partial charge in [-0.15, -0.1) is 0 Å². The summed E-state index contributed by atoms with van der Waals surface area (Å²) in [6.45, 7) is 0.271. The van der Waals surface area contributed by atoms with Crippen molar-refractivity contribution in [2.45, 2.75) is 6.54 Å². The number of hydrogen-bond acceptors (Lipinski definition) is 6. The Morgan fingerprint density at radius 1 is 1.11 bits per heavy atom. The van der Waals surface area contributed by atoms with E-state index in [1.807, 2.05) is 30.3 Å². The fraction of sp³-hybridized carbons (Fsp3) is 0.0952. The maximum Gasteiger partial charge on any atom is 0.336 e. The van der Waals surface area contributed by atoms with Crippen molar-refractivity contribution in [2.24, 2.45) is 0 Å². The second-order valence-corrected chi connectivity index (χ2v) is 6.25. The maximum atomic E-state index is 12.0. The molecule has 0 aliphatic rings. The molecule has 0 amide bonds. The summed E-state index contributed by atoms with van der Waals surface area (Å²) in [4.78, 5) is 22.6. The Morgan fingerprint density at radius 3 is 2.71 bits per heavy atom. The minimum atomic E-state index is -0.468. The molecule has 140 valence electrons. The lowest BCUT2D eigenvalue weighted by Gasteiger charge is -2.13. The number of rotatable bonds is 5. The summed E-state index contributed by atoms with van der Waals surface area (Å²) in [5.74, 6) is 0.475. The van der Waals surface area contributed by atoms with Gasteiger partial charge in [0.2, 0.25) is 0 Å². The van der Waals surface area contributed by atoms with E-state index in [0.29, 0.717) is 17.0 Å². The van der Waals surface area contributed by atoms with Crippen molar-refractivity contribution < 1.29 is 14.1 Å². The highest BCUT2D eigenvalue weighted by atomic mass is 16.6. The zero-order chi connectivity index (χ0) is 19.7. The van der Waals surface area contributed by atoms with Crippen molar-refractivity contribution in [2.75, 3.05) is 12.4 Å². The molecule has 28 heavy (non-hydrogen) atoms. The number of hydrogen-bond donors (Lipinski definition) is 1. The second-order valence-electron chi connectivity index (χ2n) is 6.25. The molecule has 1 N–H and O–H groups in total. The van der Waals surface area contributed by atoms with Crippen LogP contribution in [0.15, 0.2) is 69.9 Å². The van der Waals surface area contributed by atoms with E-state index in [9.17, 15) is 14.9 Å². The molecular weight excluding hydrogens is 360 g/mol. The Balaban J connectivity index is 1.81. The molecule has 3 aromatic carbocycles. The Labute approximate surface area is 159 Å². The molecule has 0 saturated heterocycles. The number of ether oxygens (including phenoxy) is 1. The predicted molar refractivity (Wildman–Crippen MR) is 107 cm³/mol. The largest absolute Gasteiger partial charge is 0.495 e. The first-order valence-corrected chi connectivity index (χ1v) is 8.57. The van der Waals surface area contributed by atoms with Gasteiger partial charge >= 0.3 is 5.63 Å². The molecule has 0 bridgehead atoms. The average molecular weight is 376 g/mol. The van der Waals surface area contributed by atoms with Crippen LogP contribution in [0.5, 0.6) is 5.75 Å². The van der Waals surface area contributed by atoms with E-state index in [1.165, 1.54) is 31.4 Å². The first kappa shape index (κ1) is 17.5. The molecule has 0 fully saturated rings. The fourth-order valence-corrected chi connectivity index (χ4v) is 3.30. The quantitative estimate of drug-likeness (QED) is 0.239. The summed E-state index contributed by atoms with van der Waals surface area (Å²) in [6, 6.07) is 17.3. The van der Waals surface area contributed by atoms with Crippen molar-refractivity contribution in [1.82, 2.24) is 0 Å². The van der Waals surface area contributed by atoms with E-state index < -0.39 is 10.5 Å². The van der Waals surface area contributed by atoms with Crippen LogP contribution in [0.25, 0.3) is 21.7 Å². The monoisotopic (exact) mass is 376 g/mol. The Kier molecular flexibility index (Phi) is 4.41. The third-order valence-corrected chi connectivity index (χ3v) is 4.58. The van der Waals surface area contributed by atoms with Gasteiger partial charge in [-0.05, 0) is 28.5 Å². The molecule has 4 aromatic rings. The second kappa shape index (κ2) is 7.03. The molecule has 0 aliphatic carbocycles. The summed E-state index contributed by atoms with van der Waals surface area (Å²) in [6.07, 6.45) is 0. The Hall–Kier alpha value is -3.87. The van der Waals surface area contributed by atoms with Crippen LogP contribution in [-0.4, -0.2) is 12.0 Å². The zero-order valence-corrected chi connectivity index (χ0v) is 15.0. The molecule has 0 radical (unpaired) electrons. The SMILES string of the molecule is COc1ccc([N+](=O)[O-])cc1NCc1cc(=O)oc2ccc3ccccc3c12. The predicted octanol–water partition coefficient (Wildman–Crippen LogP) is 4.48. The van der Waals surface area contributed by atoms with Crippen molar-refractivity contribution >= 4 is 33.1 Å². The topological polar surface area (TPSA) is 94.6 Å². The maximum absolute atomic E-state index is 12.0. The molecule has 0 aliphatic heterocycles. The van der Waals surface area contributed by atoms with Crippen LogP contribution in [0.1, 0.15) is 5.56 Å². The minimum Gasteiger partial charge on any atom is -0.495 e. The van der Waals surface area contributed by atoms with E-state index in [2.05, 4.69) is 5.32 Å². The summed E-state index contributed by atoms with van der Waals surface area (Å²) >= 11 is 0. The molecule has 0 saturated carbocycles. The van der Waals surface area contributed by atoms with Crippen molar-refractivity contribution in [3.63, 3.8) is 0 Å². The van der Waals surface area contributed by atoms with Gasteiger partial charge in [-0.3, -0.25) is 10.1 Å². The highest BCUT2D eigenvalue weighted by Crippen LogP contribution is 2.31. The van der Waals surface area contributed by atoms with E-state index in [0.717, 1.165) is 21.7 Å². The van der Waals surface area contributed by atoms with E-state index in [1.54, 1.807) is 6.07 Å². The van der Waals surface area contributed by atoms with E-state index in [4.69, 9.17) is 9.15 Å². The van der Waals surface area contributed by atoms with Crippen molar-refractivity contribution in [1.29, 1.82) is 0 Å². The van der Waals surface area contributed by atoms with Gasteiger partial charge in [0, 0.05) is 30.1 Å². The Bertz CT molecular complexity index is 1260. The van der Waals surface area contributed by atoms with Crippen LogP contribution in [0.3, 0.4) is 0 Å². The number of non-ortho nitro benzene ring substituents is 1. The first-order chi connectivity index (χ1) is 13.6. The lowest BCUT2D eigenvalue weighted by atomic mass is 10.0. The van der Waals surface area contributed by atoms with Gasteiger partial charge in [-0.1, -0.05) is 30.3 Å². The molecule has 7 nitrogen and oxygen atoms in total. The highest BCUT2D eigenvalue weighted by molar-refractivity contribution is 6.07. The number of nitro groups is 1. The van der Waals surface area contributed by atoms with E-state index >= 15 is 0 Å². The number of nitrogens with one attached hydrogen (secondary N) is 1. The van der Waals surface area contributed by atoms with Gasteiger partial charge in [0.05, 0.1) is 17.7 Å². The third-order valence-electron chi connectivity index (χ3n) is 4.58.